The van der Waals surface area contributed by atoms with Crippen LogP contribution in [-0.2, 0) is 16.0 Å². The lowest BCUT2D eigenvalue weighted by Crippen LogP contribution is -2.62. The first kappa shape index (κ1) is 19.4. The van der Waals surface area contributed by atoms with Gasteiger partial charge in [0.25, 0.3) is 5.91 Å². The first-order chi connectivity index (χ1) is 12.0. The number of nitrogens with zero attached hydrogens (tertiary/aromatic N) is 2. The van der Waals surface area contributed by atoms with Gasteiger partial charge >= 0.3 is 0 Å². The van der Waals surface area contributed by atoms with Gasteiger partial charge in [0.15, 0.2) is 0 Å². The molecule has 3 fully saturated rings. The summed E-state index contributed by atoms with van der Waals surface area (Å²) in [7, 11) is 0. The van der Waals surface area contributed by atoms with Gasteiger partial charge in [-0.1, -0.05) is 6.07 Å². The summed E-state index contributed by atoms with van der Waals surface area (Å²) < 4.78 is 6.42. The molecule has 2 spiro atoms. The van der Waals surface area contributed by atoms with Gasteiger partial charge in [0, 0.05) is 50.9 Å². The Kier molecular flexibility index (Phi) is 5.47. The number of carbonyl (C=O) groups is 1. The van der Waals surface area contributed by atoms with E-state index < -0.39 is 5.60 Å². The van der Waals surface area contributed by atoms with Crippen LogP contribution in [-0.4, -0.2) is 64.6 Å². The number of aromatic nitrogens is 1. The average Bonchev–Trinajstić information content (AvgIpc) is 3.38. The summed E-state index contributed by atoms with van der Waals surface area (Å²) >= 11 is 0. The molecule has 0 bridgehead atoms. The minimum Gasteiger partial charge on any atom is -0.357 e. The number of hydrogen-bond donors (Lipinski definition) is 1. The largest absolute Gasteiger partial charge is 0.357 e. The molecule has 7 heteroatoms. The van der Waals surface area contributed by atoms with Crippen molar-refractivity contribution in [2.75, 3.05) is 32.7 Å². The van der Waals surface area contributed by atoms with Crippen LogP contribution in [0.3, 0.4) is 0 Å². The minimum atomic E-state index is -0.486. The highest BCUT2D eigenvalue weighted by Gasteiger charge is 2.61. The molecular formula is C19H28ClN3O3. The van der Waals surface area contributed by atoms with Gasteiger partial charge in [-0.25, -0.2) is 0 Å². The van der Waals surface area contributed by atoms with Crippen molar-refractivity contribution in [2.24, 2.45) is 0 Å². The van der Waals surface area contributed by atoms with Crippen molar-refractivity contribution in [1.82, 2.24) is 14.8 Å². The first-order valence-corrected chi connectivity index (χ1v) is 9.44. The van der Waals surface area contributed by atoms with Gasteiger partial charge in [0.2, 0.25) is 5.56 Å². The van der Waals surface area contributed by atoms with Gasteiger partial charge in [-0.3, -0.25) is 9.59 Å². The number of aromatic amines is 1. The number of H-pyrrole nitrogens is 1. The van der Waals surface area contributed by atoms with E-state index in [1.165, 1.54) is 0 Å². The molecule has 0 radical (unpaired) electrons. The molecule has 0 atom stereocenters. The minimum absolute atomic E-state index is 0. The monoisotopic (exact) mass is 381 g/mol. The van der Waals surface area contributed by atoms with Gasteiger partial charge in [-0.2, -0.15) is 0 Å². The van der Waals surface area contributed by atoms with Gasteiger partial charge < -0.3 is 19.5 Å². The number of halogens is 1. The quantitative estimate of drug-likeness (QED) is 0.860. The van der Waals surface area contributed by atoms with Crippen molar-refractivity contribution in [2.45, 2.75) is 50.2 Å². The number of piperidine rings is 1. The second kappa shape index (κ2) is 7.33. The zero-order valence-corrected chi connectivity index (χ0v) is 16.1. The van der Waals surface area contributed by atoms with Gasteiger partial charge in [0.05, 0.1) is 5.60 Å². The molecule has 1 aromatic rings. The van der Waals surface area contributed by atoms with Crippen LogP contribution in [0.1, 0.15) is 38.3 Å². The molecule has 1 aromatic heterocycles. The van der Waals surface area contributed by atoms with Gasteiger partial charge in [0.1, 0.15) is 5.60 Å². The second-order valence-electron chi connectivity index (χ2n) is 7.73. The Hall–Kier alpha value is -1.37. The van der Waals surface area contributed by atoms with Crippen LogP contribution >= 0.6 is 12.4 Å². The van der Waals surface area contributed by atoms with E-state index in [1.807, 2.05) is 11.0 Å². The van der Waals surface area contributed by atoms with E-state index in [2.05, 4.69) is 16.8 Å². The predicted molar refractivity (Wildman–Crippen MR) is 102 cm³/mol. The van der Waals surface area contributed by atoms with Crippen LogP contribution in [0.2, 0.25) is 0 Å². The van der Waals surface area contributed by atoms with Crippen molar-refractivity contribution in [3.05, 3.63) is 34.2 Å². The summed E-state index contributed by atoms with van der Waals surface area (Å²) in [6, 6.07) is 5.32. The third kappa shape index (κ3) is 3.68. The zero-order chi connectivity index (χ0) is 17.5. The Bertz CT molecular complexity index is 708. The molecule has 6 nitrogen and oxygen atoms in total. The molecule has 2 saturated heterocycles. The van der Waals surface area contributed by atoms with E-state index >= 15 is 0 Å². The van der Waals surface area contributed by atoms with Crippen LogP contribution in [0.5, 0.6) is 0 Å². The fourth-order valence-corrected chi connectivity index (χ4v) is 4.25. The van der Waals surface area contributed by atoms with Crippen LogP contribution < -0.4 is 5.56 Å². The third-order valence-electron chi connectivity index (χ3n) is 5.95. The fraction of sp³-hybridized carbons (Fsp3) is 0.684. The molecule has 3 aliphatic rings. The number of nitrogens with one attached hydrogen (secondary N) is 1. The first-order valence-electron chi connectivity index (χ1n) is 9.44. The molecule has 1 N–H and O–H groups in total. The molecule has 26 heavy (non-hydrogen) atoms. The van der Waals surface area contributed by atoms with E-state index in [9.17, 15) is 9.59 Å². The molecule has 4 rings (SSSR count). The maximum Gasteiger partial charge on any atom is 0.254 e. The van der Waals surface area contributed by atoms with Crippen LogP contribution in [0.25, 0.3) is 0 Å². The van der Waals surface area contributed by atoms with Crippen LogP contribution in [0.15, 0.2) is 23.0 Å². The summed E-state index contributed by atoms with van der Waals surface area (Å²) in [5.74, 6) is 0.205. The standard InChI is InChI=1S/C19H27N3O3.ClH/c1-2-22-14-18(25-19(7-8-19)17(22)24)9-12-21(13-10-18)11-6-15-4-3-5-16(23)20-15;/h3-5H,2,6-14H2,1H3,(H,20,23);1H. The number of rotatable bonds is 4. The van der Waals surface area contributed by atoms with Crippen molar-refractivity contribution < 1.29 is 9.53 Å². The SMILES string of the molecule is CCN1CC2(CCN(CCc3cccc(=O)[nH]3)CC2)OC2(CC2)C1=O.Cl. The lowest BCUT2D eigenvalue weighted by molar-refractivity contribution is -0.200. The van der Waals surface area contributed by atoms with Crippen LogP contribution in [0.4, 0.5) is 0 Å². The van der Waals surface area contributed by atoms with E-state index in [0.29, 0.717) is 0 Å². The van der Waals surface area contributed by atoms with E-state index in [-0.39, 0.29) is 29.5 Å². The number of pyridine rings is 1. The molecule has 144 valence electrons. The highest BCUT2D eigenvalue weighted by Crippen LogP contribution is 2.49. The molecule has 0 unspecified atom stereocenters. The van der Waals surface area contributed by atoms with Crippen molar-refractivity contribution >= 4 is 18.3 Å². The Morgan fingerprint density at radius 1 is 1.15 bits per heavy atom. The fourth-order valence-electron chi connectivity index (χ4n) is 4.25. The predicted octanol–water partition coefficient (Wildman–Crippen LogP) is 1.59. The molecule has 0 aromatic carbocycles. The Morgan fingerprint density at radius 3 is 2.50 bits per heavy atom. The number of amides is 1. The Labute approximate surface area is 160 Å². The smallest absolute Gasteiger partial charge is 0.254 e. The second-order valence-corrected chi connectivity index (χ2v) is 7.73. The number of likely N-dealkylation sites (N-methyl/N-ethyl adjacent to an activating group) is 1. The highest BCUT2D eigenvalue weighted by molar-refractivity contribution is 5.89. The Morgan fingerprint density at radius 2 is 1.88 bits per heavy atom. The topological polar surface area (TPSA) is 65.6 Å². The summed E-state index contributed by atoms with van der Waals surface area (Å²) in [5, 5.41) is 0. The highest BCUT2D eigenvalue weighted by atomic mass is 35.5. The molecule has 3 heterocycles. The Balaban J connectivity index is 0.00000196. The number of likely N-dealkylation sites (tertiary alicyclic amines) is 1. The normalized spacial score (nSPS) is 23.9. The van der Waals surface area contributed by atoms with Gasteiger partial charge in [-0.15, -0.1) is 12.4 Å². The van der Waals surface area contributed by atoms with Crippen molar-refractivity contribution in [1.29, 1.82) is 0 Å². The average molecular weight is 382 g/mol. The zero-order valence-electron chi connectivity index (χ0n) is 15.3. The molecular weight excluding hydrogens is 354 g/mol. The maximum absolute atomic E-state index is 12.5. The lowest BCUT2D eigenvalue weighted by Gasteiger charge is -2.50. The van der Waals surface area contributed by atoms with E-state index in [4.69, 9.17) is 4.74 Å². The molecule has 1 aliphatic carbocycles. The third-order valence-corrected chi connectivity index (χ3v) is 5.95. The number of carbonyl (C=O) groups excluding carboxylic acids is 1. The lowest BCUT2D eigenvalue weighted by atomic mass is 9.88. The summed E-state index contributed by atoms with van der Waals surface area (Å²) in [4.78, 5) is 31.2. The maximum atomic E-state index is 12.5. The van der Waals surface area contributed by atoms with Crippen molar-refractivity contribution in [3.8, 4) is 0 Å². The number of morpholine rings is 1. The molecule has 1 amide bonds. The van der Waals surface area contributed by atoms with Crippen LogP contribution in [0, 0.1) is 0 Å². The summed E-state index contributed by atoms with van der Waals surface area (Å²) in [6.45, 7) is 6.48. The van der Waals surface area contributed by atoms with E-state index in [1.54, 1.807) is 12.1 Å². The molecule has 1 saturated carbocycles. The molecule has 2 aliphatic heterocycles. The number of ether oxygens (including phenoxy) is 1. The van der Waals surface area contributed by atoms with E-state index in [0.717, 1.165) is 70.5 Å². The van der Waals surface area contributed by atoms with Crippen molar-refractivity contribution in [3.63, 3.8) is 0 Å². The number of hydrogen-bond acceptors (Lipinski definition) is 4. The summed E-state index contributed by atoms with van der Waals surface area (Å²) in [5.41, 5.74) is 0.309. The summed E-state index contributed by atoms with van der Waals surface area (Å²) in [6.07, 6.45) is 4.57. The van der Waals surface area contributed by atoms with Gasteiger partial charge in [-0.05, 0) is 38.7 Å².